The number of hydrogen-bond acceptors (Lipinski definition) is 3. The zero-order chi connectivity index (χ0) is 17.9. The second-order valence-corrected chi connectivity index (χ2v) is 9.10. The summed E-state index contributed by atoms with van der Waals surface area (Å²) < 4.78 is 0. The van der Waals surface area contributed by atoms with E-state index in [-0.39, 0.29) is 11.5 Å². The Bertz CT molecular complexity index is 962. The van der Waals surface area contributed by atoms with E-state index in [0.717, 1.165) is 17.9 Å². The summed E-state index contributed by atoms with van der Waals surface area (Å²) in [5, 5.41) is 3.64. The molecule has 132 valence electrons. The molecule has 1 atom stereocenters. The summed E-state index contributed by atoms with van der Waals surface area (Å²) in [6.07, 6.45) is 7.97. The van der Waals surface area contributed by atoms with Crippen molar-refractivity contribution in [1.82, 2.24) is 0 Å². The minimum Gasteiger partial charge on any atom is -0.330 e. The molecule has 2 aliphatic carbocycles. The number of thioether (sulfide) groups is 1. The maximum absolute atomic E-state index is 6.28. The highest BCUT2D eigenvalue weighted by Crippen LogP contribution is 2.55. The van der Waals surface area contributed by atoms with Gasteiger partial charge in [-0.25, -0.2) is 4.99 Å². The molecular weight excluding hydrogens is 360 g/mol. The lowest BCUT2D eigenvalue weighted by Gasteiger charge is -2.26. The van der Waals surface area contributed by atoms with Crippen molar-refractivity contribution < 1.29 is 0 Å². The first-order chi connectivity index (χ1) is 12.6. The largest absolute Gasteiger partial charge is 0.330 e. The van der Waals surface area contributed by atoms with E-state index in [4.69, 9.17) is 16.6 Å². The van der Waals surface area contributed by atoms with Crippen molar-refractivity contribution in [3.8, 4) is 0 Å². The van der Waals surface area contributed by atoms with Gasteiger partial charge in [0.15, 0.2) is 5.29 Å². The summed E-state index contributed by atoms with van der Waals surface area (Å²) in [4.78, 5) is 4.71. The van der Waals surface area contributed by atoms with Crippen molar-refractivity contribution in [3.05, 3.63) is 75.9 Å². The third kappa shape index (κ3) is 2.37. The minimum absolute atomic E-state index is 0.0120. The predicted octanol–water partition coefficient (Wildman–Crippen LogP) is 6.01. The number of allylic oxidation sites excluding steroid dienone is 5. The van der Waals surface area contributed by atoms with Gasteiger partial charge in [0.2, 0.25) is 0 Å². The number of halogens is 1. The lowest BCUT2D eigenvalue weighted by molar-refractivity contribution is 0.565. The van der Waals surface area contributed by atoms with Gasteiger partial charge in [-0.15, -0.1) is 0 Å². The molecule has 1 N–H and O–H groups in total. The van der Waals surface area contributed by atoms with Gasteiger partial charge in [0.1, 0.15) is 6.04 Å². The van der Waals surface area contributed by atoms with Crippen molar-refractivity contribution >= 4 is 34.3 Å². The van der Waals surface area contributed by atoms with E-state index in [1.54, 1.807) is 11.1 Å². The standard InChI is InChI=1S/C22H21ClN2S/c1-22(2)17-10-8-13(7-9-14(17)16-11-26-12-18(16)22)20-15-5-3-4-6-19(15)24-21(23)25-20/h3-7,9-10,20H,8,11-12H2,1-2H3,(H,24,25). The molecule has 2 nitrogen and oxygen atoms in total. The SMILES string of the molecule is CC1(C)C2=CCC(C3N=C(Cl)Nc4ccccc43)=CC=C2C2=C1CSC2. The van der Waals surface area contributed by atoms with Crippen LogP contribution in [0.1, 0.15) is 31.9 Å². The summed E-state index contributed by atoms with van der Waals surface area (Å²) in [6.45, 7) is 4.75. The zero-order valence-corrected chi connectivity index (χ0v) is 16.5. The smallest absolute Gasteiger partial charge is 0.196 e. The maximum atomic E-state index is 6.28. The first-order valence-electron chi connectivity index (χ1n) is 9.07. The number of anilines is 1. The van der Waals surface area contributed by atoms with Crippen molar-refractivity contribution in [3.63, 3.8) is 0 Å². The molecule has 0 aromatic heterocycles. The van der Waals surface area contributed by atoms with Crippen LogP contribution >= 0.6 is 23.4 Å². The highest BCUT2D eigenvalue weighted by Gasteiger charge is 2.42. The number of nitrogens with zero attached hydrogens (tertiary/aromatic N) is 1. The summed E-state index contributed by atoms with van der Waals surface area (Å²) in [5.74, 6) is 2.32. The van der Waals surface area contributed by atoms with Gasteiger partial charge < -0.3 is 5.32 Å². The van der Waals surface area contributed by atoms with Crippen molar-refractivity contribution in [1.29, 1.82) is 0 Å². The van der Waals surface area contributed by atoms with Crippen LogP contribution in [0, 0.1) is 5.41 Å². The molecule has 0 saturated heterocycles. The quantitative estimate of drug-likeness (QED) is 0.603. The van der Waals surface area contributed by atoms with Crippen LogP contribution < -0.4 is 5.32 Å². The summed E-state index contributed by atoms with van der Waals surface area (Å²) in [6, 6.07) is 8.30. The van der Waals surface area contributed by atoms with Crippen LogP contribution in [-0.4, -0.2) is 16.8 Å². The van der Waals surface area contributed by atoms with Crippen LogP contribution in [-0.2, 0) is 0 Å². The van der Waals surface area contributed by atoms with E-state index in [1.807, 2.05) is 17.8 Å². The molecule has 0 amide bonds. The second kappa shape index (κ2) is 5.90. The molecule has 2 aliphatic heterocycles. The number of amidine groups is 1. The van der Waals surface area contributed by atoms with Crippen LogP contribution in [0.5, 0.6) is 0 Å². The monoisotopic (exact) mass is 380 g/mol. The molecule has 0 spiro atoms. The Morgan fingerprint density at radius 2 is 2.04 bits per heavy atom. The van der Waals surface area contributed by atoms with Gasteiger partial charge in [-0.05, 0) is 52.0 Å². The van der Waals surface area contributed by atoms with Gasteiger partial charge in [-0.2, -0.15) is 11.8 Å². The molecule has 0 bridgehead atoms. The Balaban J connectivity index is 1.59. The number of hydrogen-bond donors (Lipinski definition) is 1. The van der Waals surface area contributed by atoms with E-state index < -0.39 is 0 Å². The molecule has 0 fully saturated rings. The van der Waals surface area contributed by atoms with Crippen LogP contribution in [0.25, 0.3) is 0 Å². The van der Waals surface area contributed by atoms with Crippen LogP contribution in [0.2, 0.25) is 0 Å². The van der Waals surface area contributed by atoms with Crippen LogP contribution in [0.15, 0.2) is 75.4 Å². The molecule has 1 unspecified atom stereocenters. The van der Waals surface area contributed by atoms with Gasteiger partial charge >= 0.3 is 0 Å². The van der Waals surface area contributed by atoms with Gasteiger partial charge in [-0.1, -0.05) is 50.3 Å². The van der Waals surface area contributed by atoms with Crippen LogP contribution in [0.3, 0.4) is 0 Å². The highest BCUT2D eigenvalue weighted by atomic mass is 35.5. The molecule has 4 heteroatoms. The average molecular weight is 381 g/mol. The summed E-state index contributed by atoms with van der Waals surface area (Å²) in [5.41, 5.74) is 9.84. The summed E-state index contributed by atoms with van der Waals surface area (Å²) >= 11 is 8.32. The molecule has 1 aromatic rings. The first-order valence-corrected chi connectivity index (χ1v) is 10.6. The number of nitrogens with one attached hydrogen (secondary N) is 1. The van der Waals surface area contributed by atoms with E-state index in [1.165, 1.54) is 28.0 Å². The molecule has 26 heavy (non-hydrogen) atoms. The van der Waals surface area contributed by atoms with Gasteiger partial charge in [0, 0.05) is 28.2 Å². The van der Waals surface area contributed by atoms with Crippen molar-refractivity contribution in [2.75, 3.05) is 16.8 Å². The van der Waals surface area contributed by atoms with E-state index in [9.17, 15) is 0 Å². The lowest BCUT2D eigenvalue weighted by atomic mass is 9.81. The highest BCUT2D eigenvalue weighted by molar-refractivity contribution is 7.99. The first kappa shape index (κ1) is 16.5. The normalized spacial score (nSPS) is 25.9. The Kier molecular flexibility index (Phi) is 3.74. The number of rotatable bonds is 1. The average Bonchev–Trinajstić information content (AvgIpc) is 3.09. The molecule has 5 rings (SSSR count). The maximum Gasteiger partial charge on any atom is 0.196 e. The third-order valence-corrected chi connectivity index (χ3v) is 7.17. The Hall–Kier alpha value is -1.71. The number of aliphatic imine (C=N–C) groups is 1. The molecule has 0 saturated carbocycles. The molecule has 2 heterocycles. The molecule has 4 aliphatic rings. The minimum atomic E-state index is -0.0120. The van der Waals surface area contributed by atoms with E-state index in [2.05, 4.69) is 55.6 Å². The number of fused-ring (bicyclic) bond motifs is 3. The van der Waals surface area contributed by atoms with E-state index >= 15 is 0 Å². The second-order valence-electron chi connectivity index (χ2n) is 7.75. The Labute approximate surface area is 163 Å². The Morgan fingerprint density at radius 1 is 1.19 bits per heavy atom. The van der Waals surface area contributed by atoms with Crippen molar-refractivity contribution in [2.24, 2.45) is 10.4 Å². The van der Waals surface area contributed by atoms with Gasteiger partial charge in [-0.3, -0.25) is 0 Å². The lowest BCUT2D eigenvalue weighted by Crippen LogP contribution is -2.17. The molecule has 0 radical (unpaired) electrons. The topological polar surface area (TPSA) is 24.4 Å². The van der Waals surface area contributed by atoms with E-state index in [0.29, 0.717) is 5.29 Å². The molecule has 1 aromatic carbocycles. The third-order valence-electron chi connectivity index (χ3n) is 5.99. The van der Waals surface area contributed by atoms with Gasteiger partial charge in [0.25, 0.3) is 0 Å². The zero-order valence-electron chi connectivity index (χ0n) is 15.0. The predicted molar refractivity (Wildman–Crippen MR) is 113 cm³/mol. The molecular formula is C22H21ClN2S. The van der Waals surface area contributed by atoms with Crippen LogP contribution in [0.4, 0.5) is 5.69 Å². The fourth-order valence-corrected chi connectivity index (χ4v) is 6.16. The fraction of sp³-hybridized carbons (Fsp3) is 0.318. The van der Waals surface area contributed by atoms with Gasteiger partial charge in [0.05, 0.1) is 0 Å². The number of para-hydroxylation sites is 1. The fourth-order valence-electron chi connectivity index (χ4n) is 4.58. The summed E-state index contributed by atoms with van der Waals surface area (Å²) in [7, 11) is 0. The Morgan fingerprint density at radius 3 is 2.92 bits per heavy atom. The number of benzene rings is 1. The van der Waals surface area contributed by atoms with Crippen molar-refractivity contribution in [2.45, 2.75) is 26.3 Å².